The molecule has 1 saturated heterocycles. The van der Waals surface area contributed by atoms with Crippen molar-refractivity contribution in [3.63, 3.8) is 0 Å². The van der Waals surface area contributed by atoms with Crippen molar-refractivity contribution in [1.29, 1.82) is 0 Å². The van der Waals surface area contributed by atoms with E-state index in [9.17, 15) is 9.59 Å². The highest BCUT2D eigenvalue weighted by atomic mass is 16.6. The van der Waals surface area contributed by atoms with Crippen LogP contribution < -0.4 is 10.1 Å². The zero-order valence-corrected chi connectivity index (χ0v) is 17.5. The van der Waals surface area contributed by atoms with E-state index < -0.39 is 11.1 Å². The van der Waals surface area contributed by atoms with Gasteiger partial charge in [-0.3, -0.25) is 9.78 Å². The first kappa shape index (κ1) is 20.4. The van der Waals surface area contributed by atoms with Gasteiger partial charge in [0.15, 0.2) is 0 Å². The van der Waals surface area contributed by atoms with Gasteiger partial charge < -0.3 is 19.7 Å². The Morgan fingerprint density at radius 2 is 1.75 bits per heavy atom. The molecule has 28 heavy (non-hydrogen) atoms. The molecule has 1 N–H and O–H groups in total. The Hall–Kier alpha value is -2.38. The third-order valence-electron chi connectivity index (χ3n) is 5.02. The van der Waals surface area contributed by atoms with Crippen LogP contribution in [-0.4, -0.2) is 57.7 Å². The summed E-state index contributed by atoms with van der Waals surface area (Å²) >= 11 is 0. The van der Waals surface area contributed by atoms with Crippen molar-refractivity contribution in [1.82, 2.24) is 20.2 Å². The average molecular weight is 390 g/mol. The number of hydrogen-bond acceptors (Lipinski definition) is 6. The maximum Gasteiger partial charge on any atom is 0.410 e. The Labute approximate surface area is 166 Å². The Morgan fingerprint density at radius 3 is 2.32 bits per heavy atom. The van der Waals surface area contributed by atoms with Crippen LogP contribution in [0, 0.1) is 24.7 Å². The fraction of sp³-hybridized carbons (Fsp3) is 0.700. The Balaban J connectivity index is 1.46. The lowest BCUT2D eigenvalue weighted by Crippen LogP contribution is -2.49. The van der Waals surface area contributed by atoms with Gasteiger partial charge >= 0.3 is 6.09 Å². The fourth-order valence-corrected chi connectivity index (χ4v) is 3.63. The third kappa shape index (κ3) is 4.72. The molecule has 8 nitrogen and oxygen atoms in total. The summed E-state index contributed by atoms with van der Waals surface area (Å²) in [7, 11) is 0. The van der Waals surface area contributed by atoms with Gasteiger partial charge in [0, 0.05) is 31.4 Å². The number of piperidine rings is 1. The molecule has 8 heteroatoms. The van der Waals surface area contributed by atoms with Crippen molar-refractivity contribution < 1.29 is 19.1 Å². The van der Waals surface area contributed by atoms with Crippen LogP contribution in [0.2, 0.25) is 0 Å². The van der Waals surface area contributed by atoms with Gasteiger partial charge in [-0.2, -0.15) is 0 Å². The summed E-state index contributed by atoms with van der Waals surface area (Å²) in [6, 6.07) is 0. The third-order valence-corrected chi connectivity index (χ3v) is 5.02. The smallest absolute Gasteiger partial charge is 0.410 e. The van der Waals surface area contributed by atoms with Gasteiger partial charge in [-0.1, -0.05) is 0 Å². The lowest BCUT2D eigenvalue weighted by Gasteiger charge is -2.28. The second-order valence-corrected chi connectivity index (χ2v) is 9.35. The number of aryl methyl sites for hydroxylation is 1. The maximum absolute atomic E-state index is 12.7. The molecule has 0 bridgehead atoms. The molecule has 0 aromatic carbocycles. The molecule has 154 valence electrons. The largest absolute Gasteiger partial charge is 0.474 e. The highest BCUT2D eigenvalue weighted by molar-refractivity contribution is 5.84. The van der Waals surface area contributed by atoms with Crippen molar-refractivity contribution in [3.8, 4) is 5.88 Å². The van der Waals surface area contributed by atoms with E-state index in [4.69, 9.17) is 9.47 Å². The van der Waals surface area contributed by atoms with Crippen LogP contribution in [0.3, 0.4) is 0 Å². The molecule has 0 radical (unpaired) electrons. The van der Waals surface area contributed by atoms with E-state index in [-0.39, 0.29) is 29.8 Å². The molecular weight excluding hydrogens is 360 g/mol. The highest BCUT2D eigenvalue weighted by Gasteiger charge is 2.61. The van der Waals surface area contributed by atoms with Gasteiger partial charge in [0.25, 0.3) is 0 Å². The number of fused-ring (bicyclic) bond motifs is 1. The standard InChI is InChI=1S/C20H30N4O4/c1-12-17(22-8-7-21-12)27-11-20(5,6)23-16(25)15-13-9-24(10-14(13)15)18(26)28-19(2,3)4/h7-8,13-15H,9-11H2,1-6H3,(H,23,25)/t13-,14+,15+. The van der Waals surface area contributed by atoms with Crippen molar-refractivity contribution in [3.05, 3.63) is 18.1 Å². The number of hydrogen-bond donors (Lipinski definition) is 1. The van der Waals surface area contributed by atoms with Gasteiger partial charge in [-0.25, -0.2) is 9.78 Å². The summed E-state index contributed by atoms with van der Waals surface area (Å²) in [4.78, 5) is 34.8. The van der Waals surface area contributed by atoms with Crippen LogP contribution in [0.1, 0.15) is 40.3 Å². The van der Waals surface area contributed by atoms with Crippen molar-refractivity contribution in [2.75, 3.05) is 19.7 Å². The summed E-state index contributed by atoms with van der Waals surface area (Å²) in [5.41, 5.74) is -0.335. The predicted octanol–water partition coefficient (Wildman–Crippen LogP) is 2.17. The Bertz CT molecular complexity index is 747. The normalized spacial score (nSPS) is 23.8. The number of carbonyl (C=O) groups is 2. The molecule has 2 amide bonds. The quantitative estimate of drug-likeness (QED) is 0.828. The minimum absolute atomic E-state index is 0.0170. The summed E-state index contributed by atoms with van der Waals surface area (Å²) in [5, 5.41) is 3.07. The summed E-state index contributed by atoms with van der Waals surface area (Å²) in [6.07, 6.45) is 2.89. The number of amides is 2. The number of nitrogens with zero attached hydrogens (tertiary/aromatic N) is 3. The van der Waals surface area contributed by atoms with E-state index in [0.717, 1.165) is 0 Å². The zero-order valence-electron chi connectivity index (χ0n) is 17.5. The number of carbonyl (C=O) groups excluding carboxylic acids is 2. The molecule has 1 aromatic rings. The van der Waals surface area contributed by atoms with Gasteiger partial charge in [-0.05, 0) is 53.4 Å². The molecular formula is C20H30N4O4. The molecule has 2 fully saturated rings. The molecule has 0 unspecified atom stereocenters. The lowest BCUT2D eigenvalue weighted by molar-refractivity contribution is -0.125. The second-order valence-electron chi connectivity index (χ2n) is 9.35. The molecule has 1 aromatic heterocycles. The van der Waals surface area contributed by atoms with Crippen LogP contribution in [-0.2, 0) is 9.53 Å². The van der Waals surface area contributed by atoms with Crippen LogP contribution in [0.4, 0.5) is 4.79 Å². The molecule has 3 rings (SSSR count). The second kappa shape index (κ2) is 7.22. The fourth-order valence-electron chi connectivity index (χ4n) is 3.63. The SMILES string of the molecule is Cc1nccnc1OCC(C)(C)NC(=O)[C@H]1[C@@H]2CN(C(=O)OC(C)(C)C)C[C@@H]21. The van der Waals surface area contributed by atoms with Crippen molar-refractivity contribution >= 4 is 12.0 Å². The predicted molar refractivity (Wildman–Crippen MR) is 103 cm³/mol. The van der Waals surface area contributed by atoms with Gasteiger partial charge in [0.05, 0.1) is 11.2 Å². The first-order valence-corrected chi connectivity index (χ1v) is 9.67. The van der Waals surface area contributed by atoms with E-state index in [2.05, 4.69) is 15.3 Å². The summed E-state index contributed by atoms with van der Waals surface area (Å²) in [6.45, 7) is 12.7. The number of nitrogens with one attached hydrogen (secondary N) is 1. The van der Waals surface area contributed by atoms with E-state index >= 15 is 0 Å². The van der Waals surface area contributed by atoms with E-state index in [0.29, 0.717) is 31.3 Å². The molecule has 1 saturated carbocycles. The van der Waals surface area contributed by atoms with Gasteiger partial charge in [0.2, 0.25) is 11.8 Å². The zero-order chi connectivity index (χ0) is 20.7. The van der Waals surface area contributed by atoms with Crippen LogP contribution >= 0.6 is 0 Å². The summed E-state index contributed by atoms with van der Waals surface area (Å²) < 4.78 is 11.1. The number of likely N-dealkylation sites (tertiary alicyclic amines) is 1. The van der Waals surface area contributed by atoms with Crippen LogP contribution in [0.25, 0.3) is 0 Å². The Morgan fingerprint density at radius 1 is 1.14 bits per heavy atom. The van der Waals surface area contributed by atoms with Gasteiger partial charge in [-0.15, -0.1) is 0 Å². The minimum atomic E-state index is -0.539. The summed E-state index contributed by atoms with van der Waals surface area (Å²) in [5.74, 6) is 0.874. The number of ether oxygens (including phenoxy) is 2. The highest BCUT2D eigenvalue weighted by Crippen LogP contribution is 2.52. The van der Waals surface area contributed by atoms with Crippen LogP contribution in [0.15, 0.2) is 12.4 Å². The molecule has 3 atom stereocenters. The average Bonchev–Trinajstić information content (AvgIpc) is 3.07. The number of aromatic nitrogens is 2. The first-order chi connectivity index (χ1) is 13.0. The van der Waals surface area contributed by atoms with E-state index in [1.807, 2.05) is 41.5 Å². The monoisotopic (exact) mass is 390 g/mol. The molecule has 0 spiro atoms. The topological polar surface area (TPSA) is 93.7 Å². The van der Waals surface area contributed by atoms with Gasteiger partial charge in [0.1, 0.15) is 12.2 Å². The van der Waals surface area contributed by atoms with Crippen molar-refractivity contribution in [2.45, 2.75) is 52.7 Å². The molecule has 1 aliphatic heterocycles. The van der Waals surface area contributed by atoms with E-state index in [1.54, 1.807) is 17.3 Å². The minimum Gasteiger partial charge on any atom is -0.474 e. The maximum atomic E-state index is 12.7. The molecule has 1 aliphatic carbocycles. The molecule has 2 heterocycles. The molecule has 2 aliphatic rings. The number of rotatable bonds is 5. The van der Waals surface area contributed by atoms with E-state index in [1.165, 1.54) is 0 Å². The van der Waals surface area contributed by atoms with Crippen molar-refractivity contribution in [2.24, 2.45) is 17.8 Å². The first-order valence-electron chi connectivity index (χ1n) is 9.67. The lowest BCUT2D eigenvalue weighted by atomic mass is 10.1. The Kier molecular flexibility index (Phi) is 5.25. The van der Waals surface area contributed by atoms with Crippen LogP contribution in [0.5, 0.6) is 5.88 Å².